The molecule has 0 fully saturated rings. The second kappa shape index (κ2) is 62.0. The number of allylic oxidation sites excluding steroid dienone is 10. The zero-order valence-corrected chi connectivity index (χ0v) is 53.2. The van der Waals surface area contributed by atoms with Gasteiger partial charge in [0.25, 0.3) is 0 Å². The molecular formula is C71H129NO8. The maximum absolute atomic E-state index is 12.9. The molecule has 0 radical (unpaired) electrons. The van der Waals surface area contributed by atoms with Gasteiger partial charge in [-0.25, -0.2) is 0 Å². The van der Waals surface area contributed by atoms with Crippen LogP contribution in [0.3, 0.4) is 0 Å². The molecule has 0 aliphatic rings. The number of carboxylic acid groups (broad SMARTS) is 1. The number of likely N-dealkylation sites (N-methyl/N-ethyl adjacent to an activating group) is 1. The predicted octanol–water partition coefficient (Wildman–Crippen LogP) is 19.4. The van der Waals surface area contributed by atoms with Crippen LogP contribution in [0, 0.1) is 0 Å². The van der Waals surface area contributed by atoms with E-state index in [0.717, 1.165) is 57.8 Å². The number of nitrogens with zero attached hydrogens (tertiary/aromatic N) is 1. The molecule has 0 aromatic rings. The number of quaternary nitrogens is 1. The van der Waals surface area contributed by atoms with Crippen LogP contribution in [0.25, 0.3) is 0 Å². The Kier molecular flexibility index (Phi) is 59.7. The molecule has 0 heterocycles. The van der Waals surface area contributed by atoms with Crippen molar-refractivity contribution in [2.24, 2.45) is 0 Å². The van der Waals surface area contributed by atoms with Gasteiger partial charge >= 0.3 is 11.9 Å². The first kappa shape index (κ1) is 77.0. The van der Waals surface area contributed by atoms with Crippen molar-refractivity contribution in [2.45, 2.75) is 328 Å². The number of aliphatic carboxylic acids is 1. The Morgan fingerprint density at radius 2 is 0.713 bits per heavy atom. The summed E-state index contributed by atoms with van der Waals surface area (Å²) in [4.78, 5) is 37.4. The third-order valence-corrected chi connectivity index (χ3v) is 15.0. The molecule has 0 rings (SSSR count). The molecule has 2 atom stereocenters. The zero-order chi connectivity index (χ0) is 58.3. The fourth-order valence-corrected chi connectivity index (χ4v) is 9.82. The van der Waals surface area contributed by atoms with Crippen LogP contribution in [0.5, 0.6) is 0 Å². The number of unbranched alkanes of at least 4 members (excludes halogenated alkanes) is 38. The number of carboxylic acids is 1. The number of hydrogen-bond acceptors (Lipinski definition) is 8. The molecule has 0 aliphatic heterocycles. The van der Waals surface area contributed by atoms with E-state index in [1.54, 1.807) is 0 Å². The Morgan fingerprint density at radius 3 is 1.07 bits per heavy atom. The Bertz CT molecular complexity index is 1500. The van der Waals surface area contributed by atoms with Gasteiger partial charge in [-0.2, -0.15) is 0 Å². The summed E-state index contributed by atoms with van der Waals surface area (Å²) in [6.45, 7) is 4.67. The molecule has 9 nitrogen and oxygen atoms in total. The minimum absolute atomic E-state index is 0.148. The first-order chi connectivity index (χ1) is 39.1. The lowest BCUT2D eigenvalue weighted by Gasteiger charge is -2.26. The van der Waals surface area contributed by atoms with Crippen LogP contribution >= 0.6 is 0 Å². The highest BCUT2D eigenvalue weighted by atomic mass is 16.7. The van der Waals surface area contributed by atoms with E-state index in [2.05, 4.69) is 74.6 Å². The number of rotatable bonds is 63. The van der Waals surface area contributed by atoms with Crippen molar-refractivity contribution in [1.29, 1.82) is 0 Å². The van der Waals surface area contributed by atoms with Crippen molar-refractivity contribution in [1.82, 2.24) is 0 Å². The molecule has 0 aromatic heterocycles. The number of carbonyl (C=O) groups is 3. The van der Waals surface area contributed by atoms with Crippen molar-refractivity contribution in [2.75, 3.05) is 47.5 Å². The molecular weight excluding hydrogens is 995 g/mol. The summed E-state index contributed by atoms with van der Waals surface area (Å²) < 4.78 is 22.8. The van der Waals surface area contributed by atoms with E-state index in [1.165, 1.54) is 225 Å². The number of hydrogen-bond donors (Lipinski definition) is 0. The van der Waals surface area contributed by atoms with Crippen LogP contribution in [0.1, 0.15) is 316 Å². The van der Waals surface area contributed by atoms with Gasteiger partial charge in [0.05, 0.1) is 40.3 Å². The highest BCUT2D eigenvalue weighted by Gasteiger charge is 2.22. The Hall–Kier alpha value is -3.01. The fourth-order valence-electron chi connectivity index (χ4n) is 9.82. The molecule has 2 unspecified atom stereocenters. The topological polar surface area (TPSA) is 111 Å². The average molecular weight is 1120 g/mol. The Labute approximate surface area is 495 Å². The minimum Gasteiger partial charge on any atom is -0.545 e. The van der Waals surface area contributed by atoms with Crippen LogP contribution in [-0.2, 0) is 33.3 Å². The summed E-state index contributed by atoms with van der Waals surface area (Å²) in [5, 5.41) is 11.8. The van der Waals surface area contributed by atoms with E-state index >= 15 is 0 Å². The first-order valence-electron chi connectivity index (χ1n) is 33.9. The summed E-state index contributed by atoms with van der Waals surface area (Å²) in [7, 11) is 5.93. The lowest BCUT2D eigenvalue weighted by Crippen LogP contribution is -2.44. The first-order valence-corrected chi connectivity index (χ1v) is 33.9. The average Bonchev–Trinajstić information content (AvgIpc) is 3.43. The molecule has 80 heavy (non-hydrogen) atoms. The van der Waals surface area contributed by atoms with Crippen LogP contribution in [0.2, 0.25) is 0 Å². The third-order valence-electron chi connectivity index (χ3n) is 15.0. The normalized spacial score (nSPS) is 13.1. The van der Waals surface area contributed by atoms with E-state index in [0.29, 0.717) is 17.4 Å². The smallest absolute Gasteiger partial charge is 0.306 e. The van der Waals surface area contributed by atoms with Gasteiger partial charge in [-0.1, -0.05) is 286 Å². The molecule has 0 aliphatic carbocycles. The lowest BCUT2D eigenvalue weighted by molar-refractivity contribution is -0.870. The molecule has 0 aromatic carbocycles. The predicted molar refractivity (Wildman–Crippen MR) is 338 cm³/mol. The summed E-state index contributed by atoms with van der Waals surface area (Å²) in [6.07, 6.45) is 77.4. The van der Waals surface area contributed by atoms with Crippen molar-refractivity contribution in [3.05, 3.63) is 60.8 Å². The van der Waals surface area contributed by atoms with E-state index in [-0.39, 0.29) is 38.6 Å². The van der Waals surface area contributed by atoms with Crippen LogP contribution < -0.4 is 5.11 Å². The second-order valence-electron chi connectivity index (χ2n) is 24.1. The third kappa shape index (κ3) is 62.6. The fraction of sp³-hybridized carbons (Fsp3) is 0.817. The second-order valence-corrected chi connectivity index (χ2v) is 24.1. The van der Waals surface area contributed by atoms with Crippen molar-refractivity contribution in [3.8, 4) is 0 Å². The molecule has 0 saturated carbocycles. The van der Waals surface area contributed by atoms with Crippen LogP contribution in [-0.4, -0.2) is 82.3 Å². The van der Waals surface area contributed by atoms with Gasteiger partial charge in [-0.3, -0.25) is 9.59 Å². The molecule has 0 amide bonds. The maximum atomic E-state index is 12.9. The van der Waals surface area contributed by atoms with Gasteiger partial charge in [0.1, 0.15) is 13.2 Å². The molecule has 0 spiro atoms. The summed E-state index contributed by atoms with van der Waals surface area (Å²) in [6, 6.07) is 0. The van der Waals surface area contributed by atoms with Crippen molar-refractivity contribution < 1.29 is 42.9 Å². The van der Waals surface area contributed by atoms with Crippen LogP contribution in [0.4, 0.5) is 0 Å². The van der Waals surface area contributed by atoms with E-state index < -0.39 is 24.3 Å². The van der Waals surface area contributed by atoms with Gasteiger partial charge in [0, 0.05) is 12.8 Å². The summed E-state index contributed by atoms with van der Waals surface area (Å²) in [5.74, 6) is -2.27. The van der Waals surface area contributed by atoms with Gasteiger partial charge in [-0.15, -0.1) is 0 Å². The number of ether oxygens (including phenoxy) is 4. The van der Waals surface area contributed by atoms with Crippen LogP contribution in [0.15, 0.2) is 60.8 Å². The van der Waals surface area contributed by atoms with E-state index in [9.17, 15) is 19.5 Å². The Balaban J connectivity index is 4.01. The zero-order valence-electron chi connectivity index (χ0n) is 53.2. The summed E-state index contributed by atoms with van der Waals surface area (Å²) >= 11 is 0. The van der Waals surface area contributed by atoms with Gasteiger partial charge in [0.2, 0.25) is 0 Å². The molecule has 0 bridgehead atoms. The molecule has 9 heteroatoms. The van der Waals surface area contributed by atoms with Gasteiger partial charge in [0.15, 0.2) is 12.4 Å². The lowest BCUT2D eigenvalue weighted by atomic mass is 10.0. The number of carbonyl (C=O) groups excluding carboxylic acids is 3. The quantitative estimate of drug-likeness (QED) is 0.0195. The summed E-state index contributed by atoms with van der Waals surface area (Å²) in [5.41, 5.74) is 0. The van der Waals surface area contributed by atoms with Crippen molar-refractivity contribution >= 4 is 17.9 Å². The highest BCUT2D eigenvalue weighted by Crippen LogP contribution is 2.18. The molecule has 466 valence electrons. The largest absolute Gasteiger partial charge is 0.545 e. The Morgan fingerprint density at radius 1 is 0.388 bits per heavy atom. The molecule has 0 N–H and O–H groups in total. The van der Waals surface area contributed by atoms with Crippen molar-refractivity contribution in [3.63, 3.8) is 0 Å². The number of esters is 2. The monoisotopic (exact) mass is 1120 g/mol. The molecule has 0 saturated heterocycles. The van der Waals surface area contributed by atoms with Gasteiger partial charge in [-0.05, 0) is 77.0 Å². The van der Waals surface area contributed by atoms with Gasteiger partial charge < -0.3 is 33.3 Å². The van der Waals surface area contributed by atoms with E-state index in [1.807, 2.05) is 21.1 Å². The highest BCUT2D eigenvalue weighted by molar-refractivity contribution is 5.70. The minimum atomic E-state index is -1.62. The SMILES string of the molecule is CC/C=C\C/C=C\C/C=C\C/C=C\CCCCCCCCCCCCCCCCCCCCCCCCCCC(=O)OC(COC(=O)CCCCCCCCC/C=C\CCCCCCCCC)COC(OCC[N+](C)(C)C)C(=O)[O-]. The standard InChI is InChI=1S/C71H129NO8/c1-6-8-10-12-14-16-18-20-22-24-26-27-28-29-30-31-32-33-34-35-36-37-38-39-40-41-42-43-44-46-48-50-52-54-56-58-60-62-69(74)80-67(66-79-71(70(75)76)77-64-63-72(3,4)5)65-78-68(73)61-59-57-55-53-51-49-47-45-25-23-21-19-17-15-13-11-9-7-2/h8,10,14,16,20,22-23,25-27,67,71H,6-7,9,11-13,15,17-19,21,24,28-66H2,1-5H3/b10-8-,16-14-,22-20-,25-23-,27-26-. The van der Waals surface area contributed by atoms with E-state index in [4.69, 9.17) is 18.9 Å². The maximum Gasteiger partial charge on any atom is 0.306 e.